The zero-order valence-electron chi connectivity index (χ0n) is 18.2. The van der Waals surface area contributed by atoms with Crippen molar-refractivity contribution in [3.05, 3.63) is 76.2 Å². The highest BCUT2D eigenvalue weighted by molar-refractivity contribution is 5.83. The number of nitrogens with zero attached hydrogens (tertiary/aromatic N) is 3. The molecule has 0 spiro atoms. The Bertz CT molecular complexity index is 1190. The van der Waals surface area contributed by atoms with Crippen LogP contribution in [0.3, 0.4) is 0 Å². The molecule has 2 heterocycles. The van der Waals surface area contributed by atoms with Gasteiger partial charge in [0.2, 0.25) is 11.6 Å². The Hall–Kier alpha value is -3.20. The normalized spacial score (nSPS) is 16.6. The van der Waals surface area contributed by atoms with Crippen LogP contribution in [0.2, 0.25) is 0 Å². The third-order valence-electron chi connectivity index (χ3n) is 6.01. The lowest BCUT2D eigenvalue weighted by Crippen LogP contribution is -2.47. The van der Waals surface area contributed by atoms with E-state index in [1.54, 1.807) is 6.07 Å². The van der Waals surface area contributed by atoms with Gasteiger partial charge >= 0.3 is 6.18 Å². The molecule has 1 amide bonds. The summed E-state index contributed by atoms with van der Waals surface area (Å²) in [5.74, 6) is -0.483. The van der Waals surface area contributed by atoms with Gasteiger partial charge in [-0.1, -0.05) is 42.5 Å². The molecule has 6 nitrogen and oxygen atoms in total. The average Bonchev–Trinajstić information content (AvgIpc) is 2.79. The number of amides is 1. The van der Waals surface area contributed by atoms with Crippen molar-refractivity contribution in [3.8, 4) is 0 Å². The second-order valence-electron chi connectivity index (χ2n) is 8.34. The zero-order valence-corrected chi connectivity index (χ0v) is 18.2. The summed E-state index contributed by atoms with van der Waals surface area (Å²) in [4.78, 5) is 31.4. The lowest BCUT2D eigenvalue weighted by molar-refractivity contribution is -0.142. The van der Waals surface area contributed by atoms with Crippen LogP contribution in [0.15, 0.2) is 59.4 Å². The number of piperidine rings is 1. The highest BCUT2D eigenvalue weighted by Gasteiger charge is 2.38. The standard InChI is InChI=1S/C24H25F3N4O2/c1-16(31-20-10-6-5-9-19(20)29-21(23(31)33)24(25,26)27)22(32)28-18-11-13-30(14-12-18)15-17-7-3-2-4-8-17/h2-10,16,18H,11-15H2,1H3,(H,28,32). The molecule has 4 rings (SSSR count). The molecule has 2 aromatic carbocycles. The van der Waals surface area contributed by atoms with E-state index in [1.165, 1.54) is 30.7 Å². The molecule has 174 valence electrons. The maximum atomic E-state index is 13.4. The highest BCUT2D eigenvalue weighted by Crippen LogP contribution is 2.27. The minimum atomic E-state index is -4.91. The number of aromatic nitrogens is 2. The van der Waals surface area contributed by atoms with Crippen LogP contribution in [0.25, 0.3) is 11.0 Å². The molecule has 0 aliphatic carbocycles. The molecule has 1 fully saturated rings. The fourth-order valence-corrected chi connectivity index (χ4v) is 4.24. The molecule has 1 unspecified atom stereocenters. The van der Waals surface area contributed by atoms with Crippen LogP contribution in [0.5, 0.6) is 0 Å². The molecule has 9 heteroatoms. The Labute approximate surface area is 189 Å². The van der Waals surface area contributed by atoms with Crippen molar-refractivity contribution in [3.63, 3.8) is 0 Å². The van der Waals surface area contributed by atoms with Gasteiger partial charge in [0.1, 0.15) is 6.04 Å². The van der Waals surface area contributed by atoms with E-state index in [4.69, 9.17) is 0 Å². The number of nitrogens with one attached hydrogen (secondary N) is 1. The zero-order chi connectivity index (χ0) is 23.6. The van der Waals surface area contributed by atoms with E-state index in [1.807, 2.05) is 18.2 Å². The van der Waals surface area contributed by atoms with Gasteiger partial charge in [-0.3, -0.25) is 19.1 Å². The van der Waals surface area contributed by atoms with Gasteiger partial charge in [0.15, 0.2) is 0 Å². The Balaban J connectivity index is 1.48. The van der Waals surface area contributed by atoms with Crippen molar-refractivity contribution in [1.29, 1.82) is 0 Å². The predicted octanol–water partition coefficient (Wildman–Crippen LogP) is 3.76. The third-order valence-corrected chi connectivity index (χ3v) is 6.01. The lowest BCUT2D eigenvalue weighted by atomic mass is 10.0. The highest BCUT2D eigenvalue weighted by atomic mass is 19.4. The molecule has 1 atom stereocenters. The Morgan fingerprint density at radius 1 is 1.09 bits per heavy atom. The first-order chi connectivity index (χ1) is 15.7. The Morgan fingerprint density at radius 3 is 2.39 bits per heavy atom. The number of fused-ring (bicyclic) bond motifs is 1. The number of para-hydroxylation sites is 2. The predicted molar refractivity (Wildman–Crippen MR) is 119 cm³/mol. The van der Waals surface area contributed by atoms with Gasteiger partial charge < -0.3 is 5.32 Å². The van der Waals surface area contributed by atoms with Gasteiger partial charge in [-0.15, -0.1) is 0 Å². The maximum Gasteiger partial charge on any atom is 0.438 e. The Morgan fingerprint density at radius 2 is 1.73 bits per heavy atom. The van der Waals surface area contributed by atoms with Crippen LogP contribution >= 0.6 is 0 Å². The average molecular weight is 458 g/mol. The number of halogens is 3. The maximum absolute atomic E-state index is 13.4. The van der Waals surface area contributed by atoms with E-state index < -0.39 is 29.4 Å². The first-order valence-corrected chi connectivity index (χ1v) is 10.9. The molecule has 1 aliphatic heterocycles. The minimum Gasteiger partial charge on any atom is -0.351 e. The lowest BCUT2D eigenvalue weighted by Gasteiger charge is -2.33. The number of benzene rings is 2. The van der Waals surface area contributed by atoms with Gasteiger partial charge in [-0.05, 0) is 37.5 Å². The molecule has 1 aromatic heterocycles. The van der Waals surface area contributed by atoms with Gasteiger partial charge in [0, 0.05) is 25.7 Å². The number of rotatable bonds is 5. The van der Waals surface area contributed by atoms with Crippen molar-refractivity contribution in [2.45, 2.75) is 44.6 Å². The molecular weight excluding hydrogens is 433 g/mol. The summed E-state index contributed by atoms with van der Waals surface area (Å²) in [7, 11) is 0. The van der Waals surface area contributed by atoms with Crippen LogP contribution in [0, 0.1) is 0 Å². The third kappa shape index (κ3) is 5.08. The fourth-order valence-electron chi connectivity index (χ4n) is 4.24. The molecule has 3 aromatic rings. The molecule has 1 saturated heterocycles. The van der Waals surface area contributed by atoms with E-state index in [0.717, 1.165) is 37.0 Å². The smallest absolute Gasteiger partial charge is 0.351 e. The number of carbonyl (C=O) groups is 1. The summed E-state index contributed by atoms with van der Waals surface area (Å²) < 4.78 is 41.1. The number of carbonyl (C=O) groups excluding carboxylic acids is 1. The summed E-state index contributed by atoms with van der Waals surface area (Å²) in [6, 6.07) is 14.9. The van der Waals surface area contributed by atoms with E-state index >= 15 is 0 Å². The molecule has 33 heavy (non-hydrogen) atoms. The number of likely N-dealkylation sites (tertiary alicyclic amines) is 1. The SMILES string of the molecule is CC(C(=O)NC1CCN(Cc2ccccc2)CC1)n1c(=O)c(C(F)(F)F)nc2ccccc21. The first-order valence-electron chi connectivity index (χ1n) is 10.9. The number of hydrogen-bond acceptors (Lipinski definition) is 4. The molecule has 0 saturated carbocycles. The number of hydrogen-bond donors (Lipinski definition) is 1. The molecule has 0 radical (unpaired) electrons. The fraction of sp³-hybridized carbons (Fsp3) is 0.375. The van der Waals surface area contributed by atoms with Crippen molar-refractivity contribution in [2.24, 2.45) is 0 Å². The van der Waals surface area contributed by atoms with Crippen molar-refractivity contribution < 1.29 is 18.0 Å². The van der Waals surface area contributed by atoms with Crippen LogP contribution in [-0.2, 0) is 17.5 Å². The second-order valence-corrected chi connectivity index (χ2v) is 8.34. The van der Waals surface area contributed by atoms with E-state index in [0.29, 0.717) is 0 Å². The summed E-state index contributed by atoms with van der Waals surface area (Å²) in [6.07, 6.45) is -3.46. The largest absolute Gasteiger partial charge is 0.438 e. The molecular formula is C24H25F3N4O2. The molecule has 0 bridgehead atoms. The van der Waals surface area contributed by atoms with Gasteiger partial charge in [0.05, 0.1) is 11.0 Å². The molecule has 1 aliphatic rings. The molecule has 1 N–H and O–H groups in total. The van der Waals surface area contributed by atoms with Crippen LogP contribution < -0.4 is 10.9 Å². The summed E-state index contributed by atoms with van der Waals surface area (Å²) >= 11 is 0. The summed E-state index contributed by atoms with van der Waals surface area (Å²) in [5.41, 5.74) is -1.41. The second kappa shape index (κ2) is 9.35. The van der Waals surface area contributed by atoms with Crippen LogP contribution in [0.1, 0.15) is 37.1 Å². The summed E-state index contributed by atoms with van der Waals surface area (Å²) in [5, 5.41) is 2.92. The van der Waals surface area contributed by atoms with Crippen LogP contribution in [0.4, 0.5) is 13.2 Å². The van der Waals surface area contributed by atoms with Gasteiger partial charge in [0.25, 0.3) is 5.56 Å². The van der Waals surface area contributed by atoms with Crippen molar-refractivity contribution >= 4 is 16.9 Å². The Kier molecular flexibility index (Phi) is 6.51. The van der Waals surface area contributed by atoms with E-state index in [-0.39, 0.29) is 17.1 Å². The quantitative estimate of drug-likeness (QED) is 0.632. The number of alkyl halides is 3. The van der Waals surface area contributed by atoms with Crippen molar-refractivity contribution in [2.75, 3.05) is 13.1 Å². The summed E-state index contributed by atoms with van der Waals surface area (Å²) in [6.45, 7) is 3.86. The van der Waals surface area contributed by atoms with Crippen molar-refractivity contribution in [1.82, 2.24) is 19.8 Å². The van der Waals surface area contributed by atoms with Gasteiger partial charge in [-0.2, -0.15) is 13.2 Å². The van der Waals surface area contributed by atoms with E-state index in [9.17, 15) is 22.8 Å². The van der Waals surface area contributed by atoms with Gasteiger partial charge in [-0.25, -0.2) is 4.98 Å². The van der Waals surface area contributed by atoms with Crippen LogP contribution in [-0.4, -0.2) is 39.5 Å². The van der Waals surface area contributed by atoms with E-state index in [2.05, 4.69) is 27.3 Å². The first kappa shape index (κ1) is 23.0. The topological polar surface area (TPSA) is 67.2 Å². The minimum absolute atomic E-state index is 0.0123. The monoisotopic (exact) mass is 458 g/mol.